The van der Waals surface area contributed by atoms with Gasteiger partial charge in [0.05, 0.1) is 6.33 Å². The van der Waals surface area contributed by atoms with E-state index in [0.717, 1.165) is 0 Å². The molecule has 0 spiro atoms. The van der Waals surface area contributed by atoms with Crippen molar-refractivity contribution < 1.29 is 8.42 Å². The summed E-state index contributed by atoms with van der Waals surface area (Å²) in [6.07, 6.45) is 3.08. The molecule has 0 saturated carbocycles. The molecule has 1 aliphatic rings. The Hall–Kier alpha value is -0.630. The van der Waals surface area contributed by atoms with Crippen LogP contribution in [0.25, 0.3) is 0 Å². The van der Waals surface area contributed by atoms with Crippen LogP contribution in [0.4, 0.5) is 0 Å². The molecule has 1 fully saturated rings. The monoisotopic (exact) mass is 336 g/mol. The van der Waals surface area contributed by atoms with Crippen LogP contribution < -0.4 is 0 Å². The minimum atomic E-state index is -3.48. The second-order valence-corrected chi connectivity index (χ2v) is 8.02. The zero-order valence-electron chi connectivity index (χ0n) is 13.2. The Kier molecular flexibility index (Phi) is 5.83. The lowest BCUT2D eigenvalue weighted by molar-refractivity contribution is 0.216. The predicted molar refractivity (Wildman–Crippen MR) is 85.0 cm³/mol. The van der Waals surface area contributed by atoms with E-state index in [1.165, 1.54) is 6.33 Å². The lowest BCUT2D eigenvalue weighted by atomic mass is 9.91. The number of sulfonamides is 1. The summed E-state index contributed by atoms with van der Waals surface area (Å²) in [6.45, 7) is 5.41. The van der Waals surface area contributed by atoms with Gasteiger partial charge in [0.1, 0.15) is 0 Å². The average molecular weight is 337 g/mol. The Balaban J connectivity index is 0.00000220. The molecule has 6 nitrogen and oxygen atoms in total. The SMILES string of the molecule is CC(C)[C@H]1CN(S(=O)(=O)c2cn(C)cn2)C[C@@H]1N(C)C.Cl. The van der Waals surface area contributed by atoms with Crippen LogP contribution in [0.1, 0.15) is 13.8 Å². The Bertz CT molecular complexity index is 554. The van der Waals surface area contributed by atoms with Crippen LogP contribution in [0, 0.1) is 11.8 Å². The summed E-state index contributed by atoms with van der Waals surface area (Å²) in [6, 6.07) is 0.258. The van der Waals surface area contributed by atoms with Crippen LogP contribution in [0.5, 0.6) is 0 Å². The Morgan fingerprint density at radius 2 is 1.95 bits per heavy atom. The smallest absolute Gasteiger partial charge is 0.262 e. The van der Waals surface area contributed by atoms with Gasteiger partial charge < -0.3 is 9.47 Å². The van der Waals surface area contributed by atoms with Gasteiger partial charge in [-0.3, -0.25) is 0 Å². The van der Waals surface area contributed by atoms with Crippen molar-refractivity contribution >= 4 is 22.4 Å². The van der Waals surface area contributed by atoms with Gasteiger partial charge in [-0.25, -0.2) is 13.4 Å². The lowest BCUT2D eigenvalue weighted by Crippen LogP contribution is -2.37. The molecule has 8 heteroatoms. The van der Waals surface area contributed by atoms with Crippen molar-refractivity contribution in [1.82, 2.24) is 18.8 Å². The molecule has 1 aromatic rings. The number of hydrogen-bond acceptors (Lipinski definition) is 4. The zero-order valence-corrected chi connectivity index (χ0v) is 14.9. The molecule has 0 radical (unpaired) electrons. The van der Waals surface area contributed by atoms with E-state index in [9.17, 15) is 8.42 Å². The molecule has 0 bridgehead atoms. The van der Waals surface area contributed by atoms with Crippen molar-refractivity contribution in [1.29, 1.82) is 0 Å². The van der Waals surface area contributed by atoms with Crippen molar-refractivity contribution in [3.63, 3.8) is 0 Å². The van der Waals surface area contributed by atoms with Crippen LogP contribution in [0.15, 0.2) is 17.6 Å². The molecule has 1 saturated heterocycles. The number of imidazole rings is 1. The number of aryl methyl sites for hydroxylation is 1. The van der Waals surface area contributed by atoms with Crippen molar-refractivity contribution in [2.45, 2.75) is 24.9 Å². The minimum absolute atomic E-state index is 0. The van der Waals surface area contributed by atoms with Crippen LogP contribution in [0.3, 0.4) is 0 Å². The first kappa shape index (κ1) is 18.4. The highest BCUT2D eigenvalue weighted by Gasteiger charge is 2.42. The van der Waals surface area contributed by atoms with Gasteiger partial charge in [-0.15, -0.1) is 12.4 Å². The fourth-order valence-electron chi connectivity index (χ4n) is 2.83. The number of likely N-dealkylation sites (N-methyl/N-ethyl adjacent to an activating group) is 1. The third-order valence-corrected chi connectivity index (χ3v) is 5.82. The Morgan fingerprint density at radius 3 is 2.33 bits per heavy atom. The van der Waals surface area contributed by atoms with Crippen molar-refractivity contribution in [3.8, 4) is 0 Å². The quantitative estimate of drug-likeness (QED) is 0.824. The van der Waals surface area contributed by atoms with Crippen LogP contribution in [-0.2, 0) is 17.1 Å². The van der Waals surface area contributed by atoms with E-state index < -0.39 is 10.0 Å². The minimum Gasteiger partial charge on any atom is -0.339 e. The predicted octanol–water partition coefficient (Wildman–Crippen LogP) is 1.05. The van der Waals surface area contributed by atoms with E-state index in [-0.39, 0.29) is 23.5 Å². The summed E-state index contributed by atoms with van der Waals surface area (Å²) in [5, 5.41) is 0.141. The maximum absolute atomic E-state index is 12.6. The number of halogens is 1. The summed E-state index contributed by atoms with van der Waals surface area (Å²) in [7, 11) is 2.32. The highest BCUT2D eigenvalue weighted by atomic mass is 35.5. The first-order valence-electron chi connectivity index (χ1n) is 6.88. The zero-order chi connectivity index (χ0) is 15.1. The molecular weight excluding hydrogens is 312 g/mol. The molecule has 0 aromatic carbocycles. The van der Waals surface area contributed by atoms with Gasteiger partial charge >= 0.3 is 0 Å². The third-order valence-electron chi connectivity index (χ3n) is 4.10. The highest BCUT2D eigenvalue weighted by Crippen LogP contribution is 2.30. The van der Waals surface area contributed by atoms with Crippen LogP contribution >= 0.6 is 12.4 Å². The van der Waals surface area contributed by atoms with Gasteiger partial charge in [-0.05, 0) is 25.9 Å². The molecular formula is C13H25ClN4O2S. The van der Waals surface area contributed by atoms with E-state index in [1.54, 1.807) is 22.1 Å². The summed E-state index contributed by atoms with van der Waals surface area (Å²) >= 11 is 0. The topological polar surface area (TPSA) is 58.4 Å². The van der Waals surface area contributed by atoms with Crippen molar-refractivity contribution in [3.05, 3.63) is 12.5 Å². The van der Waals surface area contributed by atoms with Crippen LogP contribution in [-0.4, -0.2) is 60.4 Å². The summed E-state index contributed by atoms with van der Waals surface area (Å²) in [5.74, 6) is 0.801. The Labute approximate surface area is 133 Å². The highest BCUT2D eigenvalue weighted by molar-refractivity contribution is 7.89. The van der Waals surface area contributed by atoms with Gasteiger partial charge in [0.2, 0.25) is 0 Å². The maximum atomic E-state index is 12.6. The molecule has 0 N–H and O–H groups in total. The molecule has 0 amide bonds. The molecule has 2 atom stereocenters. The Morgan fingerprint density at radius 1 is 1.33 bits per heavy atom. The normalized spacial score (nSPS) is 23.8. The fourth-order valence-corrected chi connectivity index (χ4v) is 4.29. The first-order valence-corrected chi connectivity index (χ1v) is 8.32. The largest absolute Gasteiger partial charge is 0.339 e. The number of hydrogen-bond donors (Lipinski definition) is 0. The average Bonchev–Trinajstić information content (AvgIpc) is 2.94. The first-order chi connectivity index (χ1) is 9.23. The standard InChI is InChI=1S/C13H24N4O2S.ClH/c1-10(2)11-6-17(7-12(11)15(3)4)20(18,19)13-8-16(5)9-14-13;/h8-12H,6-7H2,1-5H3;1H/t11-,12+;/m1./s1. The molecule has 1 aliphatic heterocycles. The van der Waals surface area contributed by atoms with E-state index in [4.69, 9.17) is 0 Å². The molecule has 2 rings (SSSR count). The number of aromatic nitrogens is 2. The van der Waals surface area contributed by atoms with E-state index in [0.29, 0.717) is 24.9 Å². The van der Waals surface area contributed by atoms with E-state index in [1.807, 2.05) is 14.1 Å². The molecule has 0 unspecified atom stereocenters. The van der Waals surface area contributed by atoms with Gasteiger partial charge in [0.15, 0.2) is 5.03 Å². The summed E-state index contributed by atoms with van der Waals surface area (Å²) in [4.78, 5) is 6.12. The fraction of sp³-hybridized carbons (Fsp3) is 0.769. The maximum Gasteiger partial charge on any atom is 0.262 e. The summed E-state index contributed by atoms with van der Waals surface area (Å²) < 4.78 is 28.5. The van der Waals surface area contributed by atoms with Gasteiger partial charge in [-0.1, -0.05) is 13.8 Å². The van der Waals surface area contributed by atoms with E-state index in [2.05, 4.69) is 23.7 Å². The van der Waals surface area contributed by atoms with E-state index >= 15 is 0 Å². The number of nitrogens with zero attached hydrogens (tertiary/aromatic N) is 4. The molecule has 2 heterocycles. The lowest BCUT2D eigenvalue weighted by Gasteiger charge is -2.27. The van der Waals surface area contributed by atoms with Crippen LogP contribution in [0.2, 0.25) is 0 Å². The molecule has 1 aromatic heterocycles. The van der Waals surface area contributed by atoms with Gasteiger partial charge in [0.25, 0.3) is 10.0 Å². The number of rotatable bonds is 4. The van der Waals surface area contributed by atoms with Crippen molar-refractivity contribution in [2.75, 3.05) is 27.2 Å². The molecule has 0 aliphatic carbocycles. The molecule has 122 valence electrons. The molecule has 21 heavy (non-hydrogen) atoms. The summed E-state index contributed by atoms with van der Waals surface area (Å²) in [5.41, 5.74) is 0. The third kappa shape index (κ3) is 3.59. The van der Waals surface area contributed by atoms with Gasteiger partial charge in [-0.2, -0.15) is 4.31 Å². The second-order valence-electron chi connectivity index (χ2n) is 6.14. The second kappa shape index (κ2) is 6.64. The van der Waals surface area contributed by atoms with Gasteiger partial charge in [0, 0.05) is 32.4 Å². The van der Waals surface area contributed by atoms with Crippen molar-refractivity contribution in [2.24, 2.45) is 18.9 Å².